The minimum Gasteiger partial charge on any atom is -0.345 e. The van der Waals surface area contributed by atoms with Crippen molar-refractivity contribution in [1.29, 1.82) is 0 Å². The maximum Gasteiger partial charge on any atom is 0.232 e. The summed E-state index contributed by atoms with van der Waals surface area (Å²) in [6, 6.07) is 24.4. The standard InChI is InChI=1S/C25H27ClN2O3S/c1-19-22(26)15-9-16-23(19)28(32(2,30)31)18-10-17-24(29)27-25(20-11-5-3-6-12-20)21-13-7-4-8-14-21/h3-9,11-16,25H,10,17-18H2,1-2H3,(H,27,29). The molecule has 0 aliphatic carbocycles. The molecular formula is C25H27ClN2O3S. The van der Waals surface area contributed by atoms with Gasteiger partial charge in [-0.15, -0.1) is 0 Å². The van der Waals surface area contributed by atoms with Gasteiger partial charge < -0.3 is 5.32 Å². The molecule has 0 aliphatic rings. The molecule has 0 bridgehead atoms. The Morgan fingerprint density at radius 3 is 2.03 bits per heavy atom. The van der Waals surface area contributed by atoms with Crippen molar-refractivity contribution in [2.75, 3.05) is 17.1 Å². The van der Waals surface area contributed by atoms with Crippen LogP contribution in [-0.4, -0.2) is 27.1 Å². The normalized spacial score (nSPS) is 11.4. The first kappa shape index (κ1) is 23.8. The molecule has 0 fully saturated rings. The summed E-state index contributed by atoms with van der Waals surface area (Å²) in [5.74, 6) is -0.140. The van der Waals surface area contributed by atoms with Gasteiger partial charge in [0.05, 0.1) is 18.0 Å². The van der Waals surface area contributed by atoms with Crippen molar-refractivity contribution < 1.29 is 13.2 Å². The van der Waals surface area contributed by atoms with Gasteiger partial charge in [-0.05, 0) is 42.2 Å². The average molecular weight is 471 g/mol. The van der Waals surface area contributed by atoms with Crippen molar-refractivity contribution in [3.8, 4) is 0 Å². The van der Waals surface area contributed by atoms with Gasteiger partial charge in [-0.1, -0.05) is 78.3 Å². The fourth-order valence-corrected chi connectivity index (χ4v) is 4.78. The number of amides is 1. The molecule has 0 heterocycles. The van der Waals surface area contributed by atoms with Gasteiger partial charge in [0.15, 0.2) is 0 Å². The maximum absolute atomic E-state index is 12.8. The van der Waals surface area contributed by atoms with Crippen LogP contribution in [0.1, 0.15) is 35.6 Å². The molecule has 0 aromatic heterocycles. The van der Waals surface area contributed by atoms with Crippen LogP contribution in [0.3, 0.4) is 0 Å². The van der Waals surface area contributed by atoms with E-state index in [-0.39, 0.29) is 24.9 Å². The topological polar surface area (TPSA) is 66.5 Å². The zero-order valence-corrected chi connectivity index (χ0v) is 19.7. The highest BCUT2D eigenvalue weighted by atomic mass is 35.5. The van der Waals surface area contributed by atoms with Gasteiger partial charge in [-0.3, -0.25) is 9.10 Å². The number of carbonyl (C=O) groups excluding carboxylic acids is 1. The third kappa shape index (κ3) is 6.11. The number of halogens is 1. The fourth-order valence-electron chi connectivity index (χ4n) is 3.60. The Morgan fingerprint density at radius 2 is 1.50 bits per heavy atom. The van der Waals surface area contributed by atoms with Crippen LogP contribution in [0.4, 0.5) is 5.69 Å². The minimum absolute atomic E-state index is 0.140. The number of carbonyl (C=O) groups is 1. The summed E-state index contributed by atoms with van der Waals surface area (Å²) in [5.41, 5.74) is 3.20. The summed E-state index contributed by atoms with van der Waals surface area (Å²) in [4.78, 5) is 12.8. The van der Waals surface area contributed by atoms with Crippen LogP contribution in [-0.2, 0) is 14.8 Å². The predicted molar refractivity (Wildman–Crippen MR) is 130 cm³/mol. The molecule has 1 N–H and O–H groups in total. The Morgan fingerprint density at radius 1 is 0.938 bits per heavy atom. The lowest BCUT2D eigenvalue weighted by molar-refractivity contribution is -0.121. The molecule has 0 spiro atoms. The van der Waals surface area contributed by atoms with E-state index in [1.165, 1.54) is 4.31 Å². The molecule has 3 rings (SSSR count). The van der Waals surface area contributed by atoms with Crippen LogP contribution in [0.25, 0.3) is 0 Å². The van der Waals surface area contributed by atoms with Crippen LogP contribution in [0.2, 0.25) is 5.02 Å². The number of rotatable bonds is 9. The lowest BCUT2D eigenvalue weighted by Gasteiger charge is -2.25. The number of anilines is 1. The molecule has 168 valence electrons. The Balaban J connectivity index is 1.70. The van der Waals surface area contributed by atoms with Crippen LogP contribution in [0.15, 0.2) is 78.9 Å². The molecule has 1 amide bonds. The quantitative estimate of drug-likeness (QED) is 0.473. The number of hydrogen-bond acceptors (Lipinski definition) is 3. The predicted octanol–water partition coefficient (Wildman–Crippen LogP) is 5.10. The van der Waals surface area contributed by atoms with E-state index < -0.39 is 10.0 Å². The third-order valence-corrected chi connectivity index (χ3v) is 6.83. The Hall–Kier alpha value is -2.83. The van der Waals surface area contributed by atoms with E-state index in [1.54, 1.807) is 25.1 Å². The van der Waals surface area contributed by atoms with E-state index in [2.05, 4.69) is 5.32 Å². The van der Waals surface area contributed by atoms with Gasteiger partial charge in [-0.2, -0.15) is 0 Å². The van der Waals surface area contributed by atoms with E-state index in [0.29, 0.717) is 22.7 Å². The molecule has 0 radical (unpaired) electrons. The summed E-state index contributed by atoms with van der Waals surface area (Å²) >= 11 is 6.18. The molecule has 0 atom stereocenters. The Kier molecular flexibility index (Phi) is 7.94. The second-order valence-electron chi connectivity index (χ2n) is 7.64. The maximum atomic E-state index is 12.8. The first-order chi connectivity index (χ1) is 15.3. The lowest BCUT2D eigenvalue weighted by atomic mass is 9.98. The zero-order valence-electron chi connectivity index (χ0n) is 18.2. The van der Waals surface area contributed by atoms with Crippen LogP contribution in [0, 0.1) is 6.92 Å². The molecule has 0 unspecified atom stereocenters. The first-order valence-electron chi connectivity index (χ1n) is 10.4. The first-order valence-corrected chi connectivity index (χ1v) is 12.6. The van der Waals surface area contributed by atoms with Gasteiger partial charge in [-0.25, -0.2) is 8.42 Å². The zero-order chi connectivity index (χ0) is 23.1. The SMILES string of the molecule is Cc1c(Cl)cccc1N(CCCC(=O)NC(c1ccccc1)c1ccccc1)S(C)(=O)=O. The van der Waals surface area contributed by atoms with Crippen molar-refractivity contribution in [2.24, 2.45) is 0 Å². The number of hydrogen-bond donors (Lipinski definition) is 1. The molecule has 32 heavy (non-hydrogen) atoms. The molecule has 3 aromatic rings. The average Bonchev–Trinajstić information content (AvgIpc) is 2.78. The summed E-state index contributed by atoms with van der Waals surface area (Å²) in [5, 5.41) is 3.60. The second kappa shape index (κ2) is 10.7. The Bertz CT molecular complexity index is 1110. The Labute approximate surface area is 195 Å². The van der Waals surface area contributed by atoms with Crippen molar-refractivity contribution in [1.82, 2.24) is 5.32 Å². The van der Waals surface area contributed by atoms with Crippen LogP contribution < -0.4 is 9.62 Å². The van der Waals surface area contributed by atoms with Gasteiger partial charge in [0, 0.05) is 18.0 Å². The van der Waals surface area contributed by atoms with Crippen LogP contribution >= 0.6 is 11.6 Å². The second-order valence-corrected chi connectivity index (χ2v) is 9.96. The molecule has 0 saturated heterocycles. The number of sulfonamides is 1. The summed E-state index contributed by atoms with van der Waals surface area (Å²) in [6.07, 6.45) is 1.73. The summed E-state index contributed by atoms with van der Waals surface area (Å²) < 4.78 is 26.1. The van der Waals surface area contributed by atoms with Gasteiger partial charge in [0.25, 0.3) is 0 Å². The molecule has 7 heteroatoms. The highest BCUT2D eigenvalue weighted by Crippen LogP contribution is 2.28. The molecule has 3 aromatic carbocycles. The van der Waals surface area contributed by atoms with Crippen molar-refractivity contribution >= 4 is 33.2 Å². The monoisotopic (exact) mass is 470 g/mol. The van der Waals surface area contributed by atoms with Crippen LogP contribution in [0.5, 0.6) is 0 Å². The van der Waals surface area contributed by atoms with Gasteiger partial charge in [0.1, 0.15) is 0 Å². The van der Waals surface area contributed by atoms with E-state index in [0.717, 1.165) is 17.4 Å². The summed E-state index contributed by atoms with van der Waals surface area (Å²) in [7, 11) is -3.52. The smallest absolute Gasteiger partial charge is 0.232 e. The lowest BCUT2D eigenvalue weighted by Crippen LogP contribution is -2.33. The molecular weight excluding hydrogens is 444 g/mol. The third-order valence-electron chi connectivity index (χ3n) is 5.24. The van der Waals surface area contributed by atoms with E-state index in [9.17, 15) is 13.2 Å². The van der Waals surface area contributed by atoms with Gasteiger partial charge >= 0.3 is 0 Å². The van der Waals surface area contributed by atoms with E-state index in [1.807, 2.05) is 60.7 Å². The van der Waals surface area contributed by atoms with Crippen molar-refractivity contribution in [3.63, 3.8) is 0 Å². The highest BCUT2D eigenvalue weighted by molar-refractivity contribution is 7.92. The highest BCUT2D eigenvalue weighted by Gasteiger charge is 2.21. The molecule has 0 aliphatic heterocycles. The minimum atomic E-state index is -3.52. The largest absolute Gasteiger partial charge is 0.345 e. The van der Waals surface area contributed by atoms with Crippen molar-refractivity contribution in [2.45, 2.75) is 25.8 Å². The number of nitrogens with zero attached hydrogens (tertiary/aromatic N) is 1. The molecule has 0 saturated carbocycles. The van der Waals surface area contributed by atoms with E-state index in [4.69, 9.17) is 11.6 Å². The summed E-state index contributed by atoms with van der Waals surface area (Å²) in [6.45, 7) is 1.97. The number of benzene rings is 3. The number of nitrogens with one attached hydrogen (secondary N) is 1. The van der Waals surface area contributed by atoms with Gasteiger partial charge in [0.2, 0.25) is 15.9 Å². The molecule has 5 nitrogen and oxygen atoms in total. The van der Waals surface area contributed by atoms with E-state index >= 15 is 0 Å². The fraction of sp³-hybridized carbons (Fsp3) is 0.240. The van der Waals surface area contributed by atoms with Crippen molar-refractivity contribution in [3.05, 3.63) is 101 Å².